The molecule has 4 heteroatoms. The van der Waals surface area contributed by atoms with Crippen LogP contribution in [0.3, 0.4) is 0 Å². The highest BCUT2D eigenvalue weighted by Crippen LogP contribution is 2.11. The van der Waals surface area contributed by atoms with Gasteiger partial charge in [-0.15, -0.1) is 0 Å². The summed E-state index contributed by atoms with van der Waals surface area (Å²) in [6.45, 7) is 0.984. The van der Waals surface area contributed by atoms with Crippen LogP contribution in [0.25, 0.3) is 0 Å². The van der Waals surface area contributed by atoms with Crippen molar-refractivity contribution < 1.29 is 9.53 Å². The minimum absolute atomic E-state index is 0.00652. The molecule has 2 aromatic carbocycles. The monoisotopic (exact) mass is 303 g/mol. The Morgan fingerprint density at radius 3 is 2.67 bits per heavy atom. The zero-order valence-corrected chi connectivity index (χ0v) is 12.5. The molecule has 0 aliphatic carbocycles. The standard InChI is InChI=1S/C17H18ClNO2/c18-15-6-4-5-14(13-15)9-11-19-17(20)10-12-21-16-7-2-1-3-8-16/h1-8,13H,9-12H2,(H,19,20). The Morgan fingerprint density at radius 1 is 1.10 bits per heavy atom. The molecule has 0 saturated heterocycles. The molecule has 0 aromatic heterocycles. The molecule has 1 N–H and O–H groups in total. The van der Waals surface area contributed by atoms with Crippen molar-refractivity contribution in [1.82, 2.24) is 5.32 Å². The smallest absolute Gasteiger partial charge is 0.223 e. The van der Waals surface area contributed by atoms with E-state index in [1.165, 1.54) is 0 Å². The molecule has 0 unspecified atom stereocenters. The van der Waals surface area contributed by atoms with Crippen molar-refractivity contribution >= 4 is 17.5 Å². The van der Waals surface area contributed by atoms with E-state index in [0.717, 1.165) is 22.8 Å². The molecule has 0 bridgehead atoms. The largest absolute Gasteiger partial charge is 0.493 e. The van der Waals surface area contributed by atoms with Crippen molar-refractivity contribution in [2.75, 3.05) is 13.2 Å². The highest BCUT2D eigenvalue weighted by Gasteiger charge is 2.02. The van der Waals surface area contributed by atoms with Gasteiger partial charge in [0.1, 0.15) is 5.75 Å². The summed E-state index contributed by atoms with van der Waals surface area (Å²) in [6.07, 6.45) is 1.12. The molecule has 21 heavy (non-hydrogen) atoms. The van der Waals surface area contributed by atoms with Gasteiger partial charge in [-0.25, -0.2) is 0 Å². The fraction of sp³-hybridized carbons (Fsp3) is 0.235. The number of para-hydroxylation sites is 1. The van der Waals surface area contributed by atoms with Crippen LogP contribution in [-0.4, -0.2) is 19.1 Å². The lowest BCUT2D eigenvalue weighted by Crippen LogP contribution is -2.27. The third kappa shape index (κ3) is 5.88. The molecule has 110 valence electrons. The van der Waals surface area contributed by atoms with Crippen LogP contribution in [0.2, 0.25) is 5.02 Å². The first kappa shape index (κ1) is 15.4. The molecule has 2 aromatic rings. The molecule has 0 atom stereocenters. The van der Waals surface area contributed by atoms with E-state index >= 15 is 0 Å². The van der Waals surface area contributed by atoms with Crippen molar-refractivity contribution in [3.63, 3.8) is 0 Å². The van der Waals surface area contributed by atoms with Crippen LogP contribution in [0, 0.1) is 0 Å². The second-order valence-electron chi connectivity index (χ2n) is 4.64. The lowest BCUT2D eigenvalue weighted by molar-refractivity contribution is -0.121. The molecule has 0 heterocycles. The highest BCUT2D eigenvalue weighted by atomic mass is 35.5. The summed E-state index contributed by atoms with van der Waals surface area (Å²) in [5.41, 5.74) is 1.11. The summed E-state index contributed by atoms with van der Waals surface area (Å²) in [7, 11) is 0. The first-order valence-electron chi connectivity index (χ1n) is 6.93. The second-order valence-corrected chi connectivity index (χ2v) is 5.08. The Morgan fingerprint density at radius 2 is 1.90 bits per heavy atom. The number of benzene rings is 2. The fourth-order valence-corrected chi connectivity index (χ4v) is 2.12. The van der Waals surface area contributed by atoms with Crippen LogP contribution in [0.15, 0.2) is 54.6 Å². The van der Waals surface area contributed by atoms with Gasteiger partial charge < -0.3 is 10.1 Å². The van der Waals surface area contributed by atoms with Crippen LogP contribution in [0.4, 0.5) is 0 Å². The maximum Gasteiger partial charge on any atom is 0.223 e. The van der Waals surface area contributed by atoms with Crippen LogP contribution < -0.4 is 10.1 Å². The number of carbonyl (C=O) groups is 1. The Bertz CT molecular complexity index is 572. The first-order chi connectivity index (χ1) is 10.2. The minimum atomic E-state index is -0.00652. The van der Waals surface area contributed by atoms with E-state index in [4.69, 9.17) is 16.3 Å². The summed E-state index contributed by atoms with van der Waals surface area (Å²) in [5, 5.41) is 3.59. The van der Waals surface area contributed by atoms with Crippen molar-refractivity contribution in [2.24, 2.45) is 0 Å². The second kappa shape index (κ2) is 8.32. The number of nitrogens with one attached hydrogen (secondary N) is 1. The van der Waals surface area contributed by atoms with Crippen LogP contribution >= 0.6 is 11.6 Å². The molecule has 0 aliphatic rings. The number of hydrogen-bond acceptors (Lipinski definition) is 2. The zero-order valence-electron chi connectivity index (χ0n) is 11.7. The van der Waals surface area contributed by atoms with E-state index in [0.29, 0.717) is 19.6 Å². The third-order valence-corrected chi connectivity index (χ3v) is 3.20. The van der Waals surface area contributed by atoms with Crippen LogP contribution in [-0.2, 0) is 11.2 Å². The summed E-state index contributed by atoms with van der Waals surface area (Å²) in [6, 6.07) is 17.1. The molecule has 0 aliphatic heterocycles. The summed E-state index contributed by atoms with van der Waals surface area (Å²) in [5.74, 6) is 0.775. The van der Waals surface area contributed by atoms with Gasteiger partial charge in [0.15, 0.2) is 0 Å². The van der Waals surface area contributed by atoms with E-state index < -0.39 is 0 Å². The van der Waals surface area contributed by atoms with Gasteiger partial charge in [-0.05, 0) is 36.2 Å². The lowest BCUT2D eigenvalue weighted by Gasteiger charge is -2.07. The normalized spacial score (nSPS) is 10.1. The molecular weight excluding hydrogens is 286 g/mol. The zero-order chi connectivity index (χ0) is 14.9. The SMILES string of the molecule is O=C(CCOc1ccccc1)NCCc1cccc(Cl)c1. The number of halogens is 1. The van der Waals surface area contributed by atoms with Crippen LogP contribution in [0.1, 0.15) is 12.0 Å². The summed E-state index contributed by atoms with van der Waals surface area (Å²) < 4.78 is 5.48. The van der Waals surface area contributed by atoms with Gasteiger partial charge in [-0.3, -0.25) is 4.79 Å². The van der Waals surface area contributed by atoms with Gasteiger partial charge in [-0.1, -0.05) is 41.9 Å². The molecule has 0 spiro atoms. The number of amides is 1. The average Bonchev–Trinajstić information content (AvgIpc) is 2.48. The summed E-state index contributed by atoms with van der Waals surface area (Å²) >= 11 is 5.91. The molecule has 0 saturated carbocycles. The molecule has 3 nitrogen and oxygen atoms in total. The van der Waals surface area contributed by atoms with Gasteiger partial charge in [0.05, 0.1) is 13.0 Å². The average molecular weight is 304 g/mol. The van der Waals surface area contributed by atoms with Crippen LogP contribution in [0.5, 0.6) is 5.75 Å². The number of rotatable bonds is 7. The minimum Gasteiger partial charge on any atom is -0.493 e. The quantitative estimate of drug-likeness (QED) is 0.850. The van der Waals surface area contributed by atoms with Gasteiger partial charge >= 0.3 is 0 Å². The van der Waals surface area contributed by atoms with E-state index in [1.807, 2.05) is 54.6 Å². The Balaban J connectivity index is 1.61. The molecule has 0 fully saturated rings. The van der Waals surface area contributed by atoms with E-state index in [1.54, 1.807) is 0 Å². The Labute approximate surface area is 129 Å². The maximum absolute atomic E-state index is 11.7. The van der Waals surface area contributed by atoms with E-state index in [-0.39, 0.29) is 5.91 Å². The Kier molecular flexibility index (Phi) is 6.10. The third-order valence-electron chi connectivity index (χ3n) is 2.97. The van der Waals surface area contributed by atoms with E-state index in [9.17, 15) is 4.79 Å². The van der Waals surface area contributed by atoms with Crippen molar-refractivity contribution in [3.05, 3.63) is 65.2 Å². The predicted octanol–water partition coefficient (Wildman–Crippen LogP) is 3.47. The first-order valence-corrected chi connectivity index (χ1v) is 7.31. The lowest BCUT2D eigenvalue weighted by atomic mass is 10.1. The topological polar surface area (TPSA) is 38.3 Å². The van der Waals surface area contributed by atoms with Crippen molar-refractivity contribution in [2.45, 2.75) is 12.8 Å². The van der Waals surface area contributed by atoms with Crippen molar-refractivity contribution in [1.29, 1.82) is 0 Å². The molecule has 0 radical (unpaired) electrons. The molecule has 2 rings (SSSR count). The number of hydrogen-bond donors (Lipinski definition) is 1. The fourth-order valence-electron chi connectivity index (χ4n) is 1.91. The van der Waals surface area contributed by atoms with Gasteiger partial charge in [-0.2, -0.15) is 0 Å². The predicted molar refractivity (Wildman–Crippen MR) is 84.7 cm³/mol. The Hall–Kier alpha value is -2.00. The number of carbonyl (C=O) groups excluding carboxylic acids is 1. The number of ether oxygens (including phenoxy) is 1. The molecule has 1 amide bonds. The van der Waals surface area contributed by atoms with Gasteiger partial charge in [0.2, 0.25) is 5.91 Å². The van der Waals surface area contributed by atoms with E-state index in [2.05, 4.69) is 5.32 Å². The molecular formula is C17H18ClNO2. The highest BCUT2D eigenvalue weighted by molar-refractivity contribution is 6.30. The maximum atomic E-state index is 11.7. The van der Waals surface area contributed by atoms with Gasteiger partial charge in [0, 0.05) is 11.6 Å². The van der Waals surface area contributed by atoms with Gasteiger partial charge in [0.25, 0.3) is 0 Å². The summed E-state index contributed by atoms with van der Waals surface area (Å²) in [4.78, 5) is 11.7. The van der Waals surface area contributed by atoms with Crippen molar-refractivity contribution in [3.8, 4) is 5.75 Å².